The SMILES string of the molecule is CC(=O)OC1CC2C3CCC4CCCCC4C3CCC2C1c1ccc(=O)oc1. The van der Waals surface area contributed by atoms with Gasteiger partial charge in [0.25, 0.3) is 0 Å². The molecular weight excluding hydrogens is 352 g/mol. The molecule has 0 aliphatic heterocycles. The van der Waals surface area contributed by atoms with Crippen LogP contribution in [0.4, 0.5) is 0 Å². The van der Waals surface area contributed by atoms with Gasteiger partial charge in [-0.2, -0.15) is 0 Å². The van der Waals surface area contributed by atoms with E-state index in [0.717, 1.165) is 35.7 Å². The van der Waals surface area contributed by atoms with Crippen LogP contribution in [0.5, 0.6) is 0 Å². The molecule has 1 aromatic heterocycles. The van der Waals surface area contributed by atoms with Crippen LogP contribution >= 0.6 is 0 Å². The Morgan fingerprint density at radius 3 is 2.46 bits per heavy atom. The standard InChI is InChI=1S/C24H32O4/c1-14(25)28-22-12-21-19-8-6-15-4-2-3-5-17(15)18(19)9-10-20(21)24(22)16-7-11-23(26)27-13-16/h7,11,13,15,17-22,24H,2-6,8-10,12H2,1H3. The van der Waals surface area contributed by atoms with Gasteiger partial charge in [-0.15, -0.1) is 0 Å². The van der Waals surface area contributed by atoms with Crippen molar-refractivity contribution >= 4 is 5.97 Å². The van der Waals surface area contributed by atoms with Crippen molar-refractivity contribution < 1.29 is 13.9 Å². The minimum Gasteiger partial charge on any atom is -0.462 e. The van der Waals surface area contributed by atoms with Gasteiger partial charge in [-0.05, 0) is 85.7 Å². The summed E-state index contributed by atoms with van der Waals surface area (Å²) in [5.41, 5.74) is 0.713. The molecule has 4 nitrogen and oxygen atoms in total. The molecule has 4 aliphatic rings. The molecule has 28 heavy (non-hydrogen) atoms. The van der Waals surface area contributed by atoms with E-state index < -0.39 is 0 Å². The summed E-state index contributed by atoms with van der Waals surface area (Å²) in [6.45, 7) is 1.51. The number of ether oxygens (including phenoxy) is 1. The molecule has 0 radical (unpaired) electrons. The highest BCUT2D eigenvalue weighted by atomic mass is 16.5. The second-order valence-corrected chi connectivity index (χ2v) is 9.82. The highest BCUT2D eigenvalue weighted by Gasteiger charge is 2.55. The maximum atomic E-state index is 11.8. The predicted molar refractivity (Wildman–Crippen MR) is 106 cm³/mol. The Morgan fingerprint density at radius 1 is 0.929 bits per heavy atom. The van der Waals surface area contributed by atoms with Crippen molar-refractivity contribution in [2.45, 2.75) is 76.7 Å². The topological polar surface area (TPSA) is 56.5 Å². The first kappa shape index (κ1) is 18.4. The van der Waals surface area contributed by atoms with Crippen LogP contribution in [0.3, 0.4) is 0 Å². The van der Waals surface area contributed by atoms with E-state index in [1.165, 1.54) is 64.4 Å². The molecule has 0 amide bonds. The zero-order valence-corrected chi connectivity index (χ0v) is 16.8. The third kappa shape index (κ3) is 3.13. The Balaban J connectivity index is 1.43. The fraction of sp³-hybridized carbons (Fsp3) is 0.750. The highest BCUT2D eigenvalue weighted by Crippen LogP contribution is 2.61. The molecule has 4 fully saturated rings. The van der Waals surface area contributed by atoms with E-state index in [0.29, 0.717) is 11.8 Å². The molecule has 8 unspecified atom stereocenters. The predicted octanol–water partition coefficient (Wildman–Crippen LogP) is 4.92. The maximum absolute atomic E-state index is 11.8. The second kappa shape index (κ2) is 7.35. The molecule has 0 saturated heterocycles. The molecule has 0 N–H and O–H groups in total. The van der Waals surface area contributed by atoms with Crippen molar-refractivity contribution in [3.63, 3.8) is 0 Å². The van der Waals surface area contributed by atoms with Gasteiger partial charge in [0.15, 0.2) is 0 Å². The Kier molecular flexibility index (Phi) is 4.84. The van der Waals surface area contributed by atoms with Crippen molar-refractivity contribution in [1.82, 2.24) is 0 Å². The lowest BCUT2D eigenvalue weighted by Crippen LogP contribution is -2.44. The average Bonchev–Trinajstić information content (AvgIpc) is 3.06. The first-order valence-corrected chi connectivity index (χ1v) is 11.4. The Bertz CT molecular complexity index is 763. The van der Waals surface area contributed by atoms with Gasteiger partial charge in [0.1, 0.15) is 6.10 Å². The number of esters is 1. The fourth-order valence-corrected chi connectivity index (χ4v) is 7.81. The van der Waals surface area contributed by atoms with E-state index in [1.807, 2.05) is 6.07 Å². The maximum Gasteiger partial charge on any atom is 0.335 e. The molecular formula is C24H32O4. The van der Waals surface area contributed by atoms with Gasteiger partial charge in [0.2, 0.25) is 0 Å². The molecule has 4 saturated carbocycles. The molecule has 152 valence electrons. The number of fused-ring (bicyclic) bond motifs is 5. The molecule has 0 aromatic carbocycles. The lowest BCUT2D eigenvalue weighted by Gasteiger charge is -2.52. The Hall–Kier alpha value is -1.58. The van der Waals surface area contributed by atoms with Crippen LogP contribution in [0, 0.1) is 35.5 Å². The van der Waals surface area contributed by atoms with Crippen LogP contribution in [0.1, 0.15) is 76.2 Å². The Morgan fingerprint density at radius 2 is 1.68 bits per heavy atom. The van der Waals surface area contributed by atoms with Crippen molar-refractivity contribution in [3.8, 4) is 0 Å². The lowest BCUT2D eigenvalue weighted by atomic mass is 9.53. The molecule has 0 bridgehead atoms. The van der Waals surface area contributed by atoms with Gasteiger partial charge in [0.05, 0.1) is 6.26 Å². The third-order valence-electron chi connectivity index (χ3n) is 8.66. The molecule has 0 spiro atoms. The van der Waals surface area contributed by atoms with E-state index in [-0.39, 0.29) is 23.6 Å². The van der Waals surface area contributed by atoms with Gasteiger partial charge >= 0.3 is 11.6 Å². The van der Waals surface area contributed by atoms with Crippen LogP contribution in [0.2, 0.25) is 0 Å². The zero-order chi connectivity index (χ0) is 19.3. The molecule has 1 aromatic rings. The minimum absolute atomic E-state index is 0.0805. The van der Waals surface area contributed by atoms with E-state index in [1.54, 1.807) is 6.26 Å². The summed E-state index contributed by atoms with van der Waals surface area (Å²) >= 11 is 0. The van der Waals surface area contributed by atoms with Gasteiger partial charge in [-0.1, -0.05) is 19.3 Å². The zero-order valence-electron chi connectivity index (χ0n) is 16.8. The molecule has 1 heterocycles. The molecule has 4 heteroatoms. The summed E-state index contributed by atoms with van der Waals surface area (Å²) in [5, 5.41) is 0. The summed E-state index contributed by atoms with van der Waals surface area (Å²) in [4.78, 5) is 23.3. The second-order valence-electron chi connectivity index (χ2n) is 9.82. The van der Waals surface area contributed by atoms with Crippen molar-refractivity contribution in [3.05, 3.63) is 34.4 Å². The number of hydrogen-bond donors (Lipinski definition) is 0. The number of hydrogen-bond acceptors (Lipinski definition) is 4. The number of rotatable bonds is 2. The lowest BCUT2D eigenvalue weighted by molar-refractivity contribution is -0.147. The van der Waals surface area contributed by atoms with Crippen LogP contribution in [0.15, 0.2) is 27.6 Å². The average molecular weight is 385 g/mol. The van der Waals surface area contributed by atoms with E-state index in [2.05, 4.69) is 0 Å². The monoisotopic (exact) mass is 384 g/mol. The number of carbonyl (C=O) groups is 1. The summed E-state index contributed by atoms with van der Waals surface area (Å²) in [6, 6.07) is 3.39. The van der Waals surface area contributed by atoms with Crippen LogP contribution in [-0.4, -0.2) is 12.1 Å². The van der Waals surface area contributed by atoms with Gasteiger partial charge in [-0.3, -0.25) is 4.79 Å². The van der Waals surface area contributed by atoms with Crippen molar-refractivity contribution in [1.29, 1.82) is 0 Å². The fourth-order valence-electron chi connectivity index (χ4n) is 7.81. The van der Waals surface area contributed by atoms with Crippen molar-refractivity contribution in [2.24, 2.45) is 35.5 Å². The Labute approximate surface area is 167 Å². The first-order chi connectivity index (χ1) is 13.6. The van der Waals surface area contributed by atoms with Crippen LogP contribution in [-0.2, 0) is 9.53 Å². The van der Waals surface area contributed by atoms with Gasteiger partial charge < -0.3 is 9.15 Å². The summed E-state index contributed by atoms with van der Waals surface area (Å²) in [6.07, 6.45) is 13.5. The van der Waals surface area contributed by atoms with E-state index >= 15 is 0 Å². The summed E-state index contributed by atoms with van der Waals surface area (Å²) in [5.74, 6) is 4.73. The van der Waals surface area contributed by atoms with Gasteiger partial charge in [0, 0.05) is 18.9 Å². The summed E-state index contributed by atoms with van der Waals surface area (Å²) in [7, 11) is 0. The van der Waals surface area contributed by atoms with Crippen molar-refractivity contribution in [2.75, 3.05) is 0 Å². The molecule has 8 atom stereocenters. The third-order valence-corrected chi connectivity index (χ3v) is 8.66. The van der Waals surface area contributed by atoms with Crippen LogP contribution in [0.25, 0.3) is 0 Å². The number of carbonyl (C=O) groups excluding carboxylic acids is 1. The van der Waals surface area contributed by atoms with E-state index in [4.69, 9.17) is 9.15 Å². The normalized spacial score (nSPS) is 42.2. The minimum atomic E-state index is -0.318. The smallest absolute Gasteiger partial charge is 0.335 e. The van der Waals surface area contributed by atoms with E-state index in [9.17, 15) is 9.59 Å². The molecule has 5 rings (SSSR count). The quantitative estimate of drug-likeness (QED) is 0.679. The highest BCUT2D eigenvalue weighted by molar-refractivity contribution is 5.66. The summed E-state index contributed by atoms with van der Waals surface area (Å²) < 4.78 is 11.0. The van der Waals surface area contributed by atoms with Gasteiger partial charge in [-0.25, -0.2) is 4.79 Å². The molecule has 4 aliphatic carbocycles. The largest absolute Gasteiger partial charge is 0.462 e. The first-order valence-electron chi connectivity index (χ1n) is 11.4. The van der Waals surface area contributed by atoms with Crippen LogP contribution < -0.4 is 5.63 Å².